The van der Waals surface area contributed by atoms with Crippen LogP contribution in [0.15, 0.2) is 42.5 Å². The summed E-state index contributed by atoms with van der Waals surface area (Å²) in [4.78, 5) is 4.76. The molecule has 0 unspecified atom stereocenters. The van der Waals surface area contributed by atoms with E-state index in [4.69, 9.17) is 0 Å². The number of hydrogen-bond acceptors (Lipinski definition) is 5. The van der Waals surface area contributed by atoms with Crippen molar-refractivity contribution < 1.29 is 13.5 Å². The minimum atomic E-state index is -3.27. The third-order valence-corrected chi connectivity index (χ3v) is 7.62. The second-order valence-electron chi connectivity index (χ2n) is 8.98. The molecule has 2 aliphatic rings. The van der Waals surface area contributed by atoms with E-state index in [0.29, 0.717) is 19.1 Å². The molecule has 0 aliphatic carbocycles. The maximum atomic E-state index is 12.1. The zero-order valence-electron chi connectivity index (χ0n) is 18.7. The number of aliphatic hydroxyl groups is 1. The van der Waals surface area contributed by atoms with Gasteiger partial charge in [0.2, 0.25) is 10.0 Å². The zero-order chi connectivity index (χ0) is 22.2. The Balaban J connectivity index is 1.42. The molecule has 1 saturated heterocycles. The van der Waals surface area contributed by atoms with Crippen LogP contribution in [0, 0.1) is 6.92 Å². The molecule has 0 saturated carbocycles. The molecule has 7 heteroatoms. The molecule has 0 spiro atoms. The normalized spacial score (nSPS) is 21.1. The molecule has 2 atom stereocenters. The van der Waals surface area contributed by atoms with E-state index in [2.05, 4.69) is 47.9 Å². The molecule has 31 heavy (non-hydrogen) atoms. The molecule has 2 aromatic rings. The summed E-state index contributed by atoms with van der Waals surface area (Å²) in [5, 5.41) is 10.9. The van der Waals surface area contributed by atoms with Crippen LogP contribution in [-0.2, 0) is 16.4 Å². The molecule has 4 rings (SSSR count). The summed E-state index contributed by atoms with van der Waals surface area (Å²) in [6.45, 7) is 8.20. The summed E-state index contributed by atoms with van der Waals surface area (Å²) < 4.78 is 25.6. The Hall–Kier alpha value is -2.09. The second-order valence-corrected chi connectivity index (χ2v) is 10.9. The maximum absolute atomic E-state index is 12.1. The predicted molar refractivity (Wildman–Crippen MR) is 126 cm³/mol. The first-order valence-electron chi connectivity index (χ1n) is 11.1. The summed E-state index contributed by atoms with van der Waals surface area (Å²) in [5.41, 5.74) is 5.15. The van der Waals surface area contributed by atoms with Gasteiger partial charge in [-0.1, -0.05) is 24.3 Å². The smallest absolute Gasteiger partial charge is 0.232 e. The summed E-state index contributed by atoms with van der Waals surface area (Å²) in [6, 6.07) is 14.7. The Morgan fingerprint density at radius 3 is 2.65 bits per heavy atom. The van der Waals surface area contributed by atoms with E-state index >= 15 is 0 Å². The summed E-state index contributed by atoms with van der Waals surface area (Å²) in [5.74, 6) is 0. The molecule has 2 heterocycles. The number of rotatable bonds is 5. The van der Waals surface area contributed by atoms with E-state index < -0.39 is 16.1 Å². The number of aryl methyl sites for hydroxylation is 2. The van der Waals surface area contributed by atoms with Gasteiger partial charge in [-0.05, 0) is 61.6 Å². The first-order chi connectivity index (χ1) is 14.7. The Labute approximate surface area is 186 Å². The first-order valence-corrected chi connectivity index (χ1v) is 12.9. The van der Waals surface area contributed by atoms with Crippen LogP contribution in [0.2, 0.25) is 0 Å². The number of nitrogens with zero attached hydrogens (tertiary/aromatic N) is 3. The minimum Gasteiger partial charge on any atom is -0.387 e. The maximum Gasteiger partial charge on any atom is 0.232 e. The average molecular weight is 444 g/mol. The topological polar surface area (TPSA) is 64.1 Å². The molecule has 168 valence electrons. The van der Waals surface area contributed by atoms with Crippen molar-refractivity contribution in [3.05, 3.63) is 59.2 Å². The third-order valence-electron chi connectivity index (χ3n) is 6.44. The lowest BCUT2D eigenvalue weighted by atomic mass is 9.98. The fraction of sp³-hybridized carbons (Fsp3) is 0.500. The number of fused-ring (bicyclic) bond motifs is 1. The van der Waals surface area contributed by atoms with Gasteiger partial charge in [0.25, 0.3) is 0 Å². The highest BCUT2D eigenvalue weighted by atomic mass is 32.2. The van der Waals surface area contributed by atoms with E-state index in [1.165, 1.54) is 21.8 Å². The Kier molecular flexibility index (Phi) is 6.28. The van der Waals surface area contributed by atoms with Gasteiger partial charge in [-0.15, -0.1) is 0 Å². The van der Waals surface area contributed by atoms with Crippen LogP contribution in [0.5, 0.6) is 0 Å². The predicted octanol–water partition coefficient (Wildman–Crippen LogP) is 2.95. The lowest BCUT2D eigenvalue weighted by molar-refractivity contribution is 0.102. The van der Waals surface area contributed by atoms with Gasteiger partial charge in [-0.25, -0.2) is 8.42 Å². The van der Waals surface area contributed by atoms with Crippen molar-refractivity contribution in [3.8, 4) is 0 Å². The molecule has 1 N–H and O–H groups in total. The van der Waals surface area contributed by atoms with Gasteiger partial charge in [0, 0.05) is 44.5 Å². The SMILES string of the molecule is Cc1cccc(N2CCN(C[C@@H](O)c3ccc4c(c3)CCCN4S(C)(=O)=O)C[C@H]2C)c1. The Morgan fingerprint density at radius 1 is 1.13 bits per heavy atom. The third kappa shape index (κ3) is 4.89. The van der Waals surface area contributed by atoms with Crippen molar-refractivity contribution in [3.63, 3.8) is 0 Å². The molecule has 0 bridgehead atoms. The molecule has 0 radical (unpaired) electrons. The van der Waals surface area contributed by atoms with Crippen LogP contribution in [0.1, 0.15) is 36.1 Å². The lowest BCUT2D eigenvalue weighted by Crippen LogP contribution is -2.52. The highest BCUT2D eigenvalue weighted by Crippen LogP contribution is 2.32. The van der Waals surface area contributed by atoms with Gasteiger partial charge in [0.05, 0.1) is 18.0 Å². The van der Waals surface area contributed by atoms with E-state index in [0.717, 1.165) is 49.3 Å². The molecular formula is C24H33N3O3S. The number of benzene rings is 2. The highest BCUT2D eigenvalue weighted by molar-refractivity contribution is 7.92. The van der Waals surface area contributed by atoms with Crippen molar-refractivity contribution in [2.75, 3.05) is 48.2 Å². The van der Waals surface area contributed by atoms with Gasteiger partial charge in [0.1, 0.15) is 0 Å². The Bertz CT molecular complexity index is 1040. The van der Waals surface area contributed by atoms with Gasteiger partial charge < -0.3 is 10.0 Å². The number of piperazine rings is 1. The largest absolute Gasteiger partial charge is 0.387 e. The molecular weight excluding hydrogens is 410 g/mol. The van der Waals surface area contributed by atoms with Crippen LogP contribution in [-0.4, -0.2) is 63.4 Å². The number of hydrogen-bond donors (Lipinski definition) is 1. The molecule has 2 aromatic carbocycles. The zero-order valence-corrected chi connectivity index (χ0v) is 19.5. The fourth-order valence-electron chi connectivity index (χ4n) is 4.87. The molecule has 2 aliphatic heterocycles. The van der Waals surface area contributed by atoms with Crippen molar-refractivity contribution in [1.82, 2.24) is 4.90 Å². The quantitative estimate of drug-likeness (QED) is 0.770. The van der Waals surface area contributed by atoms with Crippen LogP contribution >= 0.6 is 0 Å². The van der Waals surface area contributed by atoms with Crippen LogP contribution < -0.4 is 9.21 Å². The highest BCUT2D eigenvalue weighted by Gasteiger charge is 2.27. The van der Waals surface area contributed by atoms with E-state index in [9.17, 15) is 13.5 Å². The van der Waals surface area contributed by atoms with Gasteiger partial charge in [-0.3, -0.25) is 9.21 Å². The summed E-state index contributed by atoms with van der Waals surface area (Å²) in [6.07, 6.45) is 2.31. The standard InChI is InChI=1S/C24H33N3O3S/c1-18-6-4-8-22(14-18)26-13-12-25(16-19(26)2)17-24(28)21-9-10-23-20(15-21)7-5-11-27(23)31(3,29)30/h4,6,8-10,14-15,19,24,28H,5,7,11-13,16-17H2,1-3H3/t19-,24-/m1/s1. The number of aliphatic hydroxyl groups excluding tert-OH is 1. The molecule has 1 fully saturated rings. The Morgan fingerprint density at radius 2 is 1.94 bits per heavy atom. The van der Waals surface area contributed by atoms with Gasteiger partial charge in [0.15, 0.2) is 0 Å². The summed E-state index contributed by atoms with van der Waals surface area (Å²) >= 11 is 0. The number of β-amino-alcohol motifs (C(OH)–C–C–N with tert-alkyl or cyclic N) is 1. The summed E-state index contributed by atoms with van der Waals surface area (Å²) in [7, 11) is -3.27. The van der Waals surface area contributed by atoms with Gasteiger partial charge >= 0.3 is 0 Å². The monoisotopic (exact) mass is 443 g/mol. The van der Waals surface area contributed by atoms with Crippen molar-refractivity contribution in [2.24, 2.45) is 0 Å². The fourth-order valence-corrected chi connectivity index (χ4v) is 5.87. The molecule has 0 amide bonds. The van der Waals surface area contributed by atoms with Crippen LogP contribution in [0.4, 0.5) is 11.4 Å². The first kappa shape index (κ1) is 22.1. The van der Waals surface area contributed by atoms with E-state index in [1.54, 1.807) is 0 Å². The van der Waals surface area contributed by atoms with Gasteiger partial charge in [-0.2, -0.15) is 0 Å². The number of sulfonamides is 1. The molecule has 6 nitrogen and oxygen atoms in total. The molecule has 0 aromatic heterocycles. The minimum absolute atomic E-state index is 0.370. The van der Waals surface area contributed by atoms with E-state index in [1.807, 2.05) is 18.2 Å². The van der Waals surface area contributed by atoms with Crippen molar-refractivity contribution in [1.29, 1.82) is 0 Å². The lowest BCUT2D eigenvalue weighted by Gasteiger charge is -2.42. The second kappa shape index (κ2) is 8.81. The van der Waals surface area contributed by atoms with Crippen molar-refractivity contribution in [2.45, 2.75) is 38.8 Å². The van der Waals surface area contributed by atoms with E-state index in [-0.39, 0.29) is 0 Å². The van der Waals surface area contributed by atoms with Crippen LogP contribution in [0.3, 0.4) is 0 Å². The van der Waals surface area contributed by atoms with Crippen LogP contribution in [0.25, 0.3) is 0 Å². The average Bonchev–Trinajstić information content (AvgIpc) is 2.72. The number of anilines is 2. The van der Waals surface area contributed by atoms with Crippen molar-refractivity contribution >= 4 is 21.4 Å².